The van der Waals surface area contributed by atoms with E-state index in [1.54, 1.807) is 7.11 Å². The molecule has 5 nitrogen and oxygen atoms in total. The van der Waals surface area contributed by atoms with E-state index >= 15 is 0 Å². The molecule has 1 aliphatic rings. The van der Waals surface area contributed by atoms with Crippen molar-refractivity contribution in [1.82, 2.24) is 4.90 Å². The Hall–Kier alpha value is -1.69. The predicted octanol–water partition coefficient (Wildman–Crippen LogP) is 3.81. The molecule has 132 valence electrons. The lowest BCUT2D eigenvalue weighted by Gasteiger charge is -2.16. The van der Waals surface area contributed by atoms with Gasteiger partial charge in [-0.1, -0.05) is 25.1 Å². The third-order valence-corrected chi connectivity index (χ3v) is 5.14. The number of carbonyl (C=O) groups is 2. The van der Waals surface area contributed by atoms with Gasteiger partial charge in [-0.25, -0.2) is 0 Å². The number of amides is 2. The molecule has 0 radical (unpaired) electrons. The van der Waals surface area contributed by atoms with E-state index in [4.69, 9.17) is 9.47 Å². The van der Waals surface area contributed by atoms with Crippen molar-refractivity contribution in [1.29, 1.82) is 0 Å². The van der Waals surface area contributed by atoms with Gasteiger partial charge in [-0.3, -0.25) is 14.5 Å². The molecule has 1 fully saturated rings. The lowest BCUT2D eigenvalue weighted by Crippen LogP contribution is -2.33. The van der Waals surface area contributed by atoms with Crippen molar-refractivity contribution in [3.63, 3.8) is 0 Å². The quantitative estimate of drug-likeness (QED) is 0.713. The van der Waals surface area contributed by atoms with Gasteiger partial charge in [0, 0.05) is 6.54 Å². The van der Waals surface area contributed by atoms with E-state index in [0.717, 1.165) is 35.7 Å². The van der Waals surface area contributed by atoms with Gasteiger partial charge in [-0.2, -0.15) is 0 Å². The zero-order valence-electron chi connectivity index (χ0n) is 14.8. The highest BCUT2D eigenvalue weighted by molar-refractivity contribution is 8.15. The summed E-state index contributed by atoms with van der Waals surface area (Å²) < 4.78 is 11.0. The smallest absolute Gasteiger partial charge is 0.289 e. The summed E-state index contributed by atoms with van der Waals surface area (Å²) in [4.78, 5) is 26.0. The summed E-state index contributed by atoms with van der Waals surface area (Å²) in [5.74, 6) is 1.28. The summed E-state index contributed by atoms with van der Waals surface area (Å²) >= 11 is 1.13. The summed E-state index contributed by atoms with van der Waals surface area (Å²) in [6.07, 6.45) is 2.33. The predicted molar refractivity (Wildman–Crippen MR) is 96.0 cm³/mol. The number of methoxy groups -OCH3 is 1. The summed E-state index contributed by atoms with van der Waals surface area (Å²) in [5, 5.41) is -0.481. The van der Waals surface area contributed by atoms with Gasteiger partial charge < -0.3 is 9.47 Å². The van der Waals surface area contributed by atoms with Gasteiger partial charge >= 0.3 is 0 Å². The number of rotatable bonds is 8. The van der Waals surface area contributed by atoms with Crippen molar-refractivity contribution in [2.24, 2.45) is 0 Å². The minimum absolute atomic E-state index is 0.0772. The Labute approximate surface area is 147 Å². The molecule has 1 aromatic carbocycles. The van der Waals surface area contributed by atoms with Gasteiger partial charge in [-0.15, -0.1) is 0 Å². The molecule has 0 saturated carbocycles. The number of carbonyl (C=O) groups excluding carboxylic acids is 2. The Balaban J connectivity index is 2.17. The fourth-order valence-electron chi connectivity index (χ4n) is 2.70. The van der Waals surface area contributed by atoms with Crippen molar-refractivity contribution >= 4 is 22.9 Å². The normalized spacial score (nSPS) is 17.5. The van der Waals surface area contributed by atoms with E-state index in [-0.39, 0.29) is 16.4 Å². The molecular weight excluding hydrogens is 326 g/mol. The van der Waals surface area contributed by atoms with Gasteiger partial charge in [-0.05, 0) is 49.9 Å². The number of hydrogen-bond acceptors (Lipinski definition) is 5. The molecule has 0 aromatic heterocycles. The minimum atomic E-state index is -0.351. The van der Waals surface area contributed by atoms with Crippen LogP contribution in [0.2, 0.25) is 0 Å². The first-order valence-electron chi connectivity index (χ1n) is 8.34. The highest BCUT2D eigenvalue weighted by Crippen LogP contribution is 2.35. The zero-order chi connectivity index (χ0) is 17.7. The minimum Gasteiger partial charge on any atom is -0.493 e. The highest BCUT2D eigenvalue weighted by Gasteiger charge is 2.39. The first-order chi connectivity index (χ1) is 11.5. The molecule has 1 atom stereocenters. The first-order valence-corrected chi connectivity index (χ1v) is 9.22. The Bertz CT molecular complexity index is 617. The summed E-state index contributed by atoms with van der Waals surface area (Å²) in [6, 6.07) is 3.84. The number of ether oxygens (including phenoxy) is 2. The van der Waals surface area contributed by atoms with Crippen LogP contribution in [-0.2, 0) is 11.2 Å². The Morgan fingerprint density at radius 3 is 2.58 bits per heavy atom. The van der Waals surface area contributed by atoms with Crippen molar-refractivity contribution in [2.75, 3.05) is 20.3 Å². The number of hydrogen-bond donors (Lipinski definition) is 0. The summed E-state index contributed by atoms with van der Waals surface area (Å²) in [6.45, 7) is 7.00. The van der Waals surface area contributed by atoms with Crippen LogP contribution in [0.25, 0.3) is 0 Å². The third-order valence-electron chi connectivity index (χ3n) is 4.07. The van der Waals surface area contributed by atoms with Gasteiger partial charge in [0.2, 0.25) is 5.91 Å². The van der Waals surface area contributed by atoms with E-state index in [1.807, 2.05) is 32.9 Å². The van der Waals surface area contributed by atoms with Gasteiger partial charge in [0.15, 0.2) is 11.5 Å². The Morgan fingerprint density at radius 1 is 1.21 bits per heavy atom. The second-order valence-corrected chi connectivity index (χ2v) is 6.94. The van der Waals surface area contributed by atoms with E-state index in [1.165, 1.54) is 4.90 Å². The van der Waals surface area contributed by atoms with E-state index < -0.39 is 0 Å². The molecule has 0 aliphatic carbocycles. The van der Waals surface area contributed by atoms with Crippen LogP contribution >= 0.6 is 11.8 Å². The van der Waals surface area contributed by atoms with Crippen LogP contribution < -0.4 is 9.47 Å². The van der Waals surface area contributed by atoms with E-state index in [0.29, 0.717) is 31.1 Å². The average molecular weight is 351 g/mol. The summed E-state index contributed by atoms with van der Waals surface area (Å²) in [5.41, 5.74) is 2.04. The summed E-state index contributed by atoms with van der Waals surface area (Å²) in [7, 11) is 1.61. The van der Waals surface area contributed by atoms with E-state index in [2.05, 4.69) is 0 Å². The molecule has 0 spiro atoms. The lowest BCUT2D eigenvalue weighted by molar-refractivity contribution is -0.126. The molecule has 1 aromatic rings. The number of nitrogens with zero attached hydrogens (tertiary/aromatic N) is 1. The molecule has 0 bridgehead atoms. The molecular formula is C18H25NO4S. The van der Waals surface area contributed by atoms with Crippen LogP contribution in [0.15, 0.2) is 12.1 Å². The molecule has 24 heavy (non-hydrogen) atoms. The van der Waals surface area contributed by atoms with Crippen LogP contribution in [-0.4, -0.2) is 41.6 Å². The van der Waals surface area contributed by atoms with E-state index in [9.17, 15) is 9.59 Å². The van der Waals surface area contributed by atoms with Crippen LogP contribution in [0.5, 0.6) is 11.5 Å². The lowest BCUT2D eigenvalue weighted by atomic mass is 10.0. The fraction of sp³-hybridized carbons (Fsp3) is 0.556. The number of imide groups is 1. The van der Waals surface area contributed by atoms with Crippen molar-refractivity contribution in [3.8, 4) is 11.5 Å². The van der Waals surface area contributed by atoms with Crippen LogP contribution in [0.4, 0.5) is 4.79 Å². The molecule has 0 N–H and O–H groups in total. The number of thioether (sulfide) groups is 1. The van der Waals surface area contributed by atoms with Gasteiger partial charge in [0.25, 0.3) is 5.24 Å². The first kappa shape index (κ1) is 18.6. The zero-order valence-corrected chi connectivity index (χ0v) is 15.6. The van der Waals surface area contributed by atoms with Crippen LogP contribution in [0.1, 0.15) is 37.8 Å². The van der Waals surface area contributed by atoms with Crippen molar-refractivity contribution in [2.45, 2.75) is 45.3 Å². The molecule has 2 amide bonds. The molecule has 1 aliphatic heterocycles. The highest BCUT2D eigenvalue weighted by atomic mass is 32.2. The maximum absolute atomic E-state index is 12.5. The Morgan fingerprint density at radius 2 is 1.96 bits per heavy atom. The molecule has 6 heteroatoms. The number of unbranched alkanes of at least 4 members (excludes halogenated alkanes) is 1. The maximum Gasteiger partial charge on any atom is 0.289 e. The van der Waals surface area contributed by atoms with Crippen LogP contribution in [0, 0.1) is 6.92 Å². The molecule has 2 rings (SSSR count). The number of benzene rings is 1. The molecule has 1 heterocycles. The molecule has 1 saturated heterocycles. The fourth-order valence-corrected chi connectivity index (χ4v) is 3.74. The Kier molecular flexibility index (Phi) is 6.54. The van der Waals surface area contributed by atoms with Gasteiger partial charge in [0.1, 0.15) is 0 Å². The van der Waals surface area contributed by atoms with Crippen molar-refractivity contribution in [3.05, 3.63) is 23.3 Å². The standard InChI is InChI=1S/C18H25NO4S/c1-5-7-8-19-17(20)16(24-18(19)21)11-13-10-15(23-6-2)14(22-4)9-12(13)3/h9-10,16H,5-8,11H2,1-4H3/t16-/m1/s1. The largest absolute Gasteiger partial charge is 0.493 e. The third kappa shape index (κ3) is 4.04. The topological polar surface area (TPSA) is 55.8 Å². The van der Waals surface area contributed by atoms with Gasteiger partial charge in [0.05, 0.1) is 19.0 Å². The second-order valence-electron chi connectivity index (χ2n) is 5.78. The average Bonchev–Trinajstić information content (AvgIpc) is 2.82. The monoisotopic (exact) mass is 351 g/mol. The van der Waals surface area contributed by atoms with Crippen molar-refractivity contribution < 1.29 is 19.1 Å². The molecule has 0 unspecified atom stereocenters. The number of aryl methyl sites for hydroxylation is 1. The second kappa shape index (κ2) is 8.42. The maximum atomic E-state index is 12.5. The van der Waals surface area contributed by atoms with Crippen LogP contribution in [0.3, 0.4) is 0 Å². The SMILES string of the molecule is CCCCN1C(=O)S[C@H](Cc2cc(OCC)c(OC)cc2C)C1=O.